The Balaban J connectivity index is 1.43. The first-order chi connectivity index (χ1) is 13.5. The lowest BCUT2D eigenvalue weighted by atomic mass is 9.72. The van der Waals surface area contributed by atoms with Gasteiger partial charge in [-0.1, -0.05) is 0 Å². The zero-order valence-corrected chi connectivity index (χ0v) is 16.3. The molecule has 2 aromatic heterocycles. The molecule has 3 fully saturated rings. The van der Waals surface area contributed by atoms with Gasteiger partial charge >= 0.3 is 0 Å². The van der Waals surface area contributed by atoms with Crippen molar-refractivity contribution in [1.82, 2.24) is 19.4 Å². The maximum absolute atomic E-state index is 12.6. The summed E-state index contributed by atoms with van der Waals surface area (Å²) >= 11 is 0. The standard InChI is InChI=1S/C21H27N5O2/c1-24-9-15(16-4-3-7-23-21(16)24)12-25-10-13-8-14(11-25)19(20(22)28)26-17(13)5-2-6-18(26)27/h3-4,7,9,13-14,17,19H,2,5-6,8,10-12H2,1H3,(H2,22,28)/t13-,14+,17+,19-/m1/s1. The molecule has 148 valence electrons. The predicted octanol–water partition coefficient (Wildman–Crippen LogP) is 1.26. The lowest BCUT2D eigenvalue weighted by Crippen LogP contribution is -2.67. The van der Waals surface area contributed by atoms with Crippen LogP contribution < -0.4 is 5.73 Å². The molecule has 2 amide bonds. The number of nitrogens with zero attached hydrogens (tertiary/aromatic N) is 4. The summed E-state index contributed by atoms with van der Waals surface area (Å²) in [6, 6.07) is 3.81. The van der Waals surface area contributed by atoms with Gasteiger partial charge in [0.25, 0.3) is 0 Å². The van der Waals surface area contributed by atoms with E-state index in [0.29, 0.717) is 12.3 Å². The van der Waals surface area contributed by atoms with E-state index in [2.05, 4.69) is 26.7 Å². The van der Waals surface area contributed by atoms with E-state index in [-0.39, 0.29) is 23.8 Å². The molecule has 0 saturated carbocycles. The first-order valence-electron chi connectivity index (χ1n) is 10.2. The van der Waals surface area contributed by atoms with Gasteiger partial charge in [-0.25, -0.2) is 4.98 Å². The molecule has 7 nitrogen and oxygen atoms in total. The van der Waals surface area contributed by atoms with Gasteiger partial charge in [-0.2, -0.15) is 0 Å². The van der Waals surface area contributed by atoms with Crippen molar-refractivity contribution >= 4 is 22.8 Å². The molecule has 3 saturated heterocycles. The minimum atomic E-state index is -0.453. The molecule has 5 rings (SSSR count). The van der Waals surface area contributed by atoms with E-state index in [1.165, 1.54) is 10.9 Å². The van der Waals surface area contributed by atoms with Crippen LogP contribution in [0.25, 0.3) is 11.0 Å². The first-order valence-corrected chi connectivity index (χ1v) is 10.2. The average Bonchev–Trinajstić information content (AvgIpc) is 2.98. The lowest BCUT2D eigenvalue weighted by Gasteiger charge is -2.55. The van der Waals surface area contributed by atoms with Crippen LogP contribution in [-0.4, -0.2) is 56.3 Å². The van der Waals surface area contributed by atoms with Gasteiger partial charge < -0.3 is 15.2 Å². The van der Waals surface area contributed by atoms with Crippen molar-refractivity contribution < 1.29 is 9.59 Å². The molecule has 28 heavy (non-hydrogen) atoms. The number of aromatic nitrogens is 2. The Morgan fingerprint density at radius 1 is 1.32 bits per heavy atom. The number of hydrogen-bond donors (Lipinski definition) is 1. The van der Waals surface area contributed by atoms with Gasteiger partial charge in [-0.3, -0.25) is 14.5 Å². The number of carbonyl (C=O) groups is 2. The zero-order chi connectivity index (χ0) is 19.4. The minimum Gasteiger partial charge on any atom is -0.368 e. The van der Waals surface area contributed by atoms with Crippen LogP contribution in [0.2, 0.25) is 0 Å². The molecule has 2 N–H and O–H groups in total. The van der Waals surface area contributed by atoms with E-state index in [1.807, 2.05) is 24.2 Å². The van der Waals surface area contributed by atoms with E-state index in [4.69, 9.17) is 5.73 Å². The summed E-state index contributed by atoms with van der Waals surface area (Å²) in [6.45, 7) is 2.60. The van der Waals surface area contributed by atoms with Crippen molar-refractivity contribution in [2.24, 2.45) is 24.6 Å². The number of amides is 2. The van der Waals surface area contributed by atoms with Crippen LogP contribution in [0.5, 0.6) is 0 Å². The van der Waals surface area contributed by atoms with Gasteiger partial charge in [-0.15, -0.1) is 0 Å². The summed E-state index contributed by atoms with van der Waals surface area (Å²) in [4.78, 5) is 33.7. The molecule has 0 spiro atoms. The Morgan fingerprint density at radius 3 is 2.96 bits per heavy atom. The Labute approximate surface area is 164 Å². The molecule has 2 bridgehead atoms. The number of nitrogens with two attached hydrogens (primary N) is 1. The fourth-order valence-electron chi connectivity index (χ4n) is 5.91. The van der Waals surface area contributed by atoms with Crippen molar-refractivity contribution in [2.75, 3.05) is 13.1 Å². The van der Waals surface area contributed by atoms with Crippen molar-refractivity contribution in [3.05, 3.63) is 30.1 Å². The van der Waals surface area contributed by atoms with Crippen LogP contribution in [0, 0.1) is 11.8 Å². The van der Waals surface area contributed by atoms with E-state index in [0.717, 1.165) is 44.5 Å². The molecule has 2 aromatic rings. The number of fused-ring (bicyclic) bond motifs is 5. The summed E-state index contributed by atoms with van der Waals surface area (Å²) in [6.07, 6.45) is 7.43. The second kappa shape index (κ2) is 6.58. The quantitative estimate of drug-likeness (QED) is 0.868. The number of aryl methyl sites for hydroxylation is 1. The first kappa shape index (κ1) is 17.7. The van der Waals surface area contributed by atoms with Crippen LogP contribution in [0.1, 0.15) is 31.2 Å². The van der Waals surface area contributed by atoms with Gasteiger partial charge in [0, 0.05) is 62.8 Å². The van der Waals surface area contributed by atoms with E-state index >= 15 is 0 Å². The maximum atomic E-state index is 12.6. The van der Waals surface area contributed by atoms with Gasteiger partial charge in [-0.05, 0) is 42.9 Å². The molecular weight excluding hydrogens is 354 g/mol. The monoisotopic (exact) mass is 381 g/mol. The van der Waals surface area contributed by atoms with E-state index in [9.17, 15) is 9.59 Å². The summed E-state index contributed by atoms with van der Waals surface area (Å²) in [7, 11) is 2.03. The van der Waals surface area contributed by atoms with E-state index in [1.54, 1.807) is 0 Å². The van der Waals surface area contributed by atoms with Crippen molar-refractivity contribution in [1.29, 1.82) is 0 Å². The van der Waals surface area contributed by atoms with Gasteiger partial charge in [0.1, 0.15) is 11.7 Å². The number of piperidine rings is 3. The van der Waals surface area contributed by atoms with Gasteiger partial charge in [0.05, 0.1) is 0 Å². The van der Waals surface area contributed by atoms with Crippen LogP contribution in [0.4, 0.5) is 0 Å². The topological polar surface area (TPSA) is 84.5 Å². The Morgan fingerprint density at radius 2 is 2.14 bits per heavy atom. The van der Waals surface area contributed by atoms with Crippen molar-refractivity contribution in [3.63, 3.8) is 0 Å². The van der Waals surface area contributed by atoms with Gasteiger partial charge in [0.2, 0.25) is 11.8 Å². The third-order valence-corrected chi connectivity index (χ3v) is 6.92. The molecule has 3 aliphatic heterocycles. The Bertz CT molecular complexity index is 938. The van der Waals surface area contributed by atoms with Crippen LogP contribution in [-0.2, 0) is 23.2 Å². The molecular formula is C21H27N5O2. The lowest BCUT2D eigenvalue weighted by molar-refractivity contribution is -0.159. The highest BCUT2D eigenvalue weighted by atomic mass is 16.2. The molecule has 0 aliphatic carbocycles. The predicted molar refractivity (Wildman–Crippen MR) is 105 cm³/mol. The van der Waals surface area contributed by atoms with Crippen LogP contribution in [0.15, 0.2) is 24.5 Å². The number of carbonyl (C=O) groups excluding carboxylic acids is 2. The second-order valence-corrected chi connectivity index (χ2v) is 8.70. The summed E-state index contributed by atoms with van der Waals surface area (Å²) in [5.41, 5.74) is 8.04. The fraction of sp³-hybridized carbons (Fsp3) is 0.571. The van der Waals surface area contributed by atoms with Crippen molar-refractivity contribution in [3.8, 4) is 0 Å². The highest BCUT2D eigenvalue weighted by molar-refractivity contribution is 5.88. The number of likely N-dealkylation sites (tertiary alicyclic amines) is 1. The molecule has 0 radical (unpaired) electrons. The minimum absolute atomic E-state index is 0.114. The second-order valence-electron chi connectivity index (χ2n) is 8.70. The number of pyridine rings is 1. The Hall–Kier alpha value is -2.41. The van der Waals surface area contributed by atoms with Crippen LogP contribution in [0.3, 0.4) is 0 Å². The molecule has 0 unspecified atom stereocenters. The number of hydrogen-bond acceptors (Lipinski definition) is 4. The zero-order valence-electron chi connectivity index (χ0n) is 16.3. The highest BCUT2D eigenvalue weighted by Gasteiger charge is 2.51. The molecule has 0 aromatic carbocycles. The summed E-state index contributed by atoms with van der Waals surface area (Å²) in [5, 5.41) is 1.18. The largest absolute Gasteiger partial charge is 0.368 e. The van der Waals surface area contributed by atoms with Crippen molar-refractivity contribution in [2.45, 2.75) is 44.3 Å². The SMILES string of the molecule is Cn1cc(CN2C[C@H]3C[C@@H](C2)[C@H](C(N)=O)N2C(=O)CCC[C@@H]32)c2cccnc21. The molecule has 5 heterocycles. The van der Waals surface area contributed by atoms with Gasteiger partial charge in [0.15, 0.2) is 0 Å². The molecule has 3 aliphatic rings. The normalized spacial score (nSPS) is 30.5. The summed E-state index contributed by atoms with van der Waals surface area (Å²) in [5.74, 6) is 0.317. The van der Waals surface area contributed by atoms with Crippen LogP contribution >= 0.6 is 0 Å². The summed E-state index contributed by atoms with van der Waals surface area (Å²) < 4.78 is 2.07. The number of primary amides is 1. The Kier molecular flexibility index (Phi) is 4.16. The third kappa shape index (κ3) is 2.71. The fourth-order valence-corrected chi connectivity index (χ4v) is 5.91. The third-order valence-electron chi connectivity index (χ3n) is 6.92. The van der Waals surface area contributed by atoms with E-state index < -0.39 is 6.04 Å². The molecule has 7 heteroatoms. The average molecular weight is 381 g/mol. The highest BCUT2D eigenvalue weighted by Crippen LogP contribution is 2.42. The molecule has 4 atom stereocenters. The smallest absolute Gasteiger partial charge is 0.240 e. The maximum Gasteiger partial charge on any atom is 0.240 e. The number of rotatable bonds is 3.